The molecule has 1 aliphatic carbocycles. The zero-order chi connectivity index (χ0) is 14.9. The van der Waals surface area contributed by atoms with E-state index in [9.17, 15) is 4.79 Å². The van der Waals surface area contributed by atoms with Gasteiger partial charge >= 0.3 is 0 Å². The molecule has 112 valence electrons. The molecule has 4 nitrogen and oxygen atoms in total. The van der Waals surface area contributed by atoms with E-state index in [1.165, 1.54) is 0 Å². The van der Waals surface area contributed by atoms with E-state index in [1.54, 1.807) is 17.4 Å². The third kappa shape index (κ3) is 2.75. The number of hydrogen-bond acceptors (Lipinski definition) is 3. The normalized spacial score (nSPS) is 29.1. The van der Waals surface area contributed by atoms with Gasteiger partial charge in [0.15, 0.2) is 0 Å². The van der Waals surface area contributed by atoms with E-state index in [0.29, 0.717) is 12.5 Å². The van der Waals surface area contributed by atoms with E-state index in [4.69, 9.17) is 10.2 Å². The van der Waals surface area contributed by atoms with Gasteiger partial charge in [-0.25, -0.2) is 0 Å². The quantitative estimate of drug-likeness (QED) is 0.924. The molecule has 1 heterocycles. The molecule has 0 aromatic carbocycles. The predicted octanol–water partition coefficient (Wildman–Crippen LogP) is 2.64. The number of furan rings is 1. The summed E-state index contributed by atoms with van der Waals surface area (Å²) in [5.74, 6) is 0.622. The summed E-state index contributed by atoms with van der Waals surface area (Å²) < 4.78 is 5.06. The molecule has 3 unspecified atom stereocenters. The van der Waals surface area contributed by atoms with Crippen LogP contribution in [0.3, 0.4) is 0 Å². The maximum absolute atomic E-state index is 12.7. The lowest BCUT2D eigenvalue weighted by molar-refractivity contribution is -0.142. The van der Waals surface area contributed by atoms with Crippen LogP contribution >= 0.6 is 0 Å². The van der Waals surface area contributed by atoms with Crippen molar-refractivity contribution >= 4 is 5.91 Å². The number of carbonyl (C=O) groups excluding carboxylic acids is 1. The fraction of sp³-hybridized carbons (Fsp3) is 0.688. The van der Waals surface area contributed by atoms with E-state index in [1.807, 2.05) is 13.1 Å². The minimum absolute atomic E-state index is 0.0502. The van der Waals surface area contributed by atoms with Crippen LogP contribution in [0.1, 0.15) is 39.2 Å². The Kier molecular flexibility index (Phi) is 4.23. The average Bonchev–Trinajstić information content (AvgIpc) is 2.88. The molecule has 20 heavy (non-hydrogen) atoms. The first-order chi connectivity index (χ1) is 9.34. The van der Waals surface area contributed by atoms with E-state index >= 15 is 0 Å². The van der Waals surface area contributed by atoms with Crippen LogP contribution in [-0.4, -0.2) is 23.9 Å². The highest BCUT2D eigenvalue weighted by atomic mass is 16.3. The highest BCUT2D eigenvalue weighted by Crippen LogP contribution is 2.45. The zero-order valence-corrected chi connectivity index (χ0v) is 12.9. The molecule has 2 N–H and O–H groups in total. The lowest BCUT2D eigenvalue weighted by Gasteiger charge is -2.47. The minimum atomic E-state index is -0.0561. The second-order valence-electron chi connectivity index (χ2n) is 6.73. The van der Waals surface area contributed by atoms with E-state index < -0.39 is 0 Å². The van der Waals surface area contributed by atoms with Crippen molar-refractivity contribution in [2.24, 2.45) is 23.0 Å². The Morgan fingerprint density at radius 2 is 2.20 bits per heavy atom. The summed E-state index contributed by atoms with van der Waals surface area (Å²) in [7, 11) is 1.87. The standard InChI is InChI=1S/C16H26N2O2/c1-11-14(17)6-5-13(16(11,2)3)15(19)18(4)9-12-7-8-20-10-12/h7-8,10-11,13-14H,5-6,9,17H2,1-4H3. The van der Waals surface area contributed by atoms with Crippen LogP contribution in [0.4, 0.5) is 0 Å². The molecule has 0 saturated heterocycles. The van der Waals surface area contributed by atoms with Gasteiger partial charge in [0.05, 0.1) is 12.5 Å². The van der Waals surface area contributed by atoms with Gasteiger partial charge in [-0.2, -0.15) is 0 Å². The molecular formula is C16H26N2O2. The van der Waals surface area contributed by atoms with Gasteiger partial charge in [-0.15, -0.1) is 0 Å². The van der Waals surface area contributed by atoms with Crippen molar-refractivity contribution in [3.8, 4) is 0 Å². The third-order valence-corrected chi connectivity index (χ3v) is 5.18. The lowest BCUT2D eigenvalue weighted by atomic mass is 9.60. The zero-order valence-electron chi connectivity index (χ0n) is 12.9. The van der Waals surface area contributed by atoms with Crippen LogP contribution in [0.15, 0.2) is 23.0 Å². The van der Waals surface area contributed by atoms with Crippen LogP contribution in [0, 0.1) is 17.3 Å². The van der Waals surface area contributed by atoms with Gasteiger partial charge < -0.3 is 15.1 Å². The van der Waals surface area contributed by atoms with Crippen LogP contribution in [0.5, 0.6) is 0 Å². The summed E-state index contributed by atoms with van der Waals surface area (Å²) >= 11 is 0. The molecule has 1 amide bonds. The van der Waals surface area contributed by atoms with E-state index in [0.717, 1.165) is 18.4 Å². The van der Waals surface area contributed by atoms with E-state index in [-0.39, 0.29) is 23.3 Å². The van der Waals surface area contributed by atoms with Crippen molar-refractivity contribution in [3.63, 3.8) is 0 Å². The second-order valence-corrected chi connectivity index (χ2v) is 6.73. The Hall–Kier alpha value is -1.29. The molecule has 4 heteroatoms. The van der Waals surface area contributed by atoms with Crippen molar-refractivity contribution in [1.29, 1.82) is 0 Å². The molecular weight excluding hydrogens is 252 g/mol. The van der Waals surface area contributed by atoms with Crippen LogP contribution in [0.25, 0.3) is 0 Å². The highest BCUT2D eigenvalue weighted by molar-refractivity contribution is 5.79. The Balaban J connectivity index is 2.08. The van der Waals surface area contributed by atoms with Crippen molar-refractivity contribution < 1.29 is 9.21 Å². The molecule has 1 aromatic rings. The third-order valence-electron chi connectivity index (χ3n) is 5.18. The van der Waals surface area contributed by atoms with Gasteiger partial charge in [-0.3, -0.25) is 4.79 Å². The summed E-state index contributed by atoms with van der Waals surface area (Å²) in [6, 6.07) is 2.10. The smallest absolute Gasteiger partial charge is 0.226 e. The summed E-state index contributed by atoms with van der Waals surface area (Å²) in [5, 5.41) is 0. The van der Waals surface area contributed by atoms with Crippen LogP contribution in [-0.2, 0) is 11.3 Å². The molecule has 1 aliphatic rings. The Morgan fingerprint density at radius 1 is 1.50 bits per heavy atom. The molecule has 3 atom stereocenters. The largest absolute Gasteiger partial charge is 0.472 e. The molecule has 2 rings (SSSR count). The average molecular weight is 278 g/mol. The maximum Gasteiger partial charge on any atom is 0.226 e. The van der Waals surface area contributed by atoms with Crippen LogP contribution < -0.4 is 5.73 Å². The van der Waals surface area contributed by atoms with Gasteiger partial charge in [0.2, 0.25) is 5.91 Å². The number of carbonyl (C=O) groups is 1. The molecule has 1 aromatic heterocycles. The van der Waals surface area contributed by atoms with E-state index in [2.05, 4.69) is 20.8 Å². The van der Waals surface area contributed by atoms with Gasteiger partial charge in [-0.05, 0) is 30.2 Å². The van der Waals surface area contributed by atoms with Gasteiger partial charge in [0.1, 0.15) is 0 Å². The first-order valence-corrected chi connectivity index (χ1v) is 7.35. The second kappa shape index (κ2) is 5.60. The van der Waals surface area contributed by atoms with Crippen LogP contribution in [0.2, 0.25) is 0 Å². The van der Waals surface area contributed by atoms with Gasteiger partial charge in [0, 0.05) is 31.1 Å². The number of amides is 1. The van der Waals surface area contributed by atoms with Crippen molar-refractivity contribution in [2.75, 3.05) is 7.05 Å². The molecule has 0 bridgehead atoms. The summed E-state index contributed by atoms with van der Waals surface area (Å²) in [4.78, 5) is 14.6. The van der Waals surface area contributed by atoms with Crippen molar-refractivity contribution in [3.05, 3.63) is 24.2 Å². The molecule has 0 spiro atoms. The summed E-state index contributed by atoms with van der Waals surface area (Å²) in [5.41, 5.74) is 7.14. The topological polar surface area (TPSA) is 59.5 Å². The maximum atomic E-state index is 12.7. The molecule has 1 fully saturated rings. The first-order valence-electron chi connectivity index (χ1n) is 7.35. The van der Waals surface area contributed by atoms with Gasteiger partial charge in [0.25, 0.3) is 0 Å². The van der Waals surface area contributed by atoms with Crippen molar-refractivity contribution in [2.45, 2.75) is 46.2 Å². The minimum Gasteiger partial charge on any atom is -0.472 e. The fourth-order valence-corrected chi connectivity index (χ4v) is 3.29. The Bertz CT molecular complexity index is 453. The monoisotopic (exact) mass is 278 g/mol. The lowest BCUT2D eigenvalue weighted by Crippen LogP contribution is -2.51. The SMILES string of the molecule is CC1C(N)CCC(C(=O)N(C)Cc2ccoc2)C1(C)C. The van der Waals surface area contributed by atoms with Crippen molar-refractivity contribution in [1.82, 2.24) is 4.90 Å². The van der Waals surface area contributed by atoms with Gasteiger partial charge in [-0.1, -0.05) is 20.8 Å². The Morgan fingerprint density at radius 3 is 2.80 bits per heavy atom. The Labute approximate surface area is 121 Å². The first kappa shape index (κ1) is 15.1. The summed E-state index contributed by atoms with van der Waals surface area (Å²) in [6.45, 7) is 7.11. The fourth-order valence-electron chi connectivity index (χ4n) is 3.29. The highest BCUT2D eigenvalue weighted by Gasteiger charge is 2.45. The number of nitrogens with zero attached hydrogens (tertiary/aromatic N) is 1. The number of rotatable bonds is 3. The molecule has 0 aliphatic heterocycles. The number of hydrogen-bond donors (Lipinski definition) is 1. The predicted molar refractivity (Wildman–Crippen MR) is 78.8 cm³/mol. The molecule has 0 radical (unpaired) electrons. The molecule has 1 saturated carbocycles. The number of nitrogens with two attached hydrogens (primary N) is 1. The summed E-state index contributed by atoms with van der Waals surface area (Å²) in [6.07, 6.45) is 5.14.